The van der Waals surface area contributed by atoms with Gasteiger partial charge in [0.15, 0.2) is 0 Å². The number of nitrogens with one attached hydrogen (secondary N) is 1. The summed E-state index contributed by atoms with van der Waals surface area (Å²) in [6.07, 6.45) is 5.22. The molecule has 8 heteroatoms. The molecule has 0 spiro atoms. The molecule has 1 saturated heterocycles. The molecule has 0 radical (unpaired) electrons. The van der Waals surface area contributed by atoms with Gasteiger partial charge in [-0.05, 0) is 25.8 Å². The van der Waals surface area contributed by atoms with Crippen molar-refractivity contribution in [1.29, 1.82) is 0 Å². The van der Waals surface area contributed by atoms with Gasteiger partial charge in [-0.3, -0.25) is 0 Å². The second-order valence-corrected chi connectivity index (χ2v) is 5.07. The van der Waals surface area contributed by atoms with Gasteiger partial charge < -0.3 is 15.8 Å². The summed E-state index contributed by atoms with van der Waals surface area (Å²) in [5.41, 5.74) is 5.66. The van der Waals surface area contributed by atoms with Gasteiger partial charge in [0.2, 0.25) is 11.9 Å². The first-order valence-electron chi connectivity index (χ1n) is 6.52. The van der Waals surface area contributed by atoms with Crippen LogP contribution in [0.5, 0.6) is 0 Å². The summed E-state index contributed by atoms with van der Waals surface area (Å²) in [6.45, 7) is 3.59. The highest BCUT2D eigenvalue weighted by atomic mass is 16.5. The lowest BCUT2D eigenvalue weighted by atomic mass is 9.93. The average Bonchev–Trinajstić information content (AvgIpc) is 2.92. The number of nitrogens with zero attached hydrogens (tertiary/aromatic N) is 5. The maximum Gasteiger partial charge on any atom is 0.257 e. The molecule has 20 heavy (non-hydrogen) atoms. The van der Waals surface area contributed by atoms with Gasteiger partial charge in [0.1, 0.15) is 0 Å². The standard InChI is InChI=1S/C12H17N7O/c1-12(3-7-20-8-4-12)18-10-15-9(13)16-11(17-10)19-6-2-5-14-19/h2,5-6H,3-4,7-8H2,1H3,(H3,13,15,16,17,18). The van der Waals surface area contributed by atoms with Crippen LogP contribution < -0.4 is 11.1 Å². The van der Waals surface area contributed by atoms with Crippen LogP contribution in [0.25, 0.3) is 5.95 Å². The number of nitrogen functional groups attached to an aromatic ring is 1. The van der Waals surface area contributed by atoms with E-state index in [-0.39, 0.29) is 11.5 Å². The normalized spacial score (nSPS) is 17.9. The first-order valence-corrected chi connectivity index (χ1v) is 6.52. The lowest BCUT2D eigenvalue weighted by Gasteiger charge is -2.34. The number of hydrogen-bond acceptors (Lipinski definition) is 7. The fourth-order valence-corrected chi connectivity index (χ4v) is 2.14. The SMILES string of the molecule is CC1(Nc2nc(N)nc(-n3cccn3)n2)CCOCC1. The van der Waals surface area contributed by atoms with Crippen LogP contribution >= 0.6 is 0 Å². The predicted octanol–water partition coefficient (Wildman–Crippen LogP) is 0.620. The summed E-state index contributed by atoms with van der Waals surface area (Å²) in [5.74, 6) is 1.04. The van der Waals surface area contributed by atoms with Crippen molar-refractivity contribution in [2.24, 2.45) is 0 Å². The van der Waals surface area contributed by atoms with E-state index in [0.717, 1.165) is 26.1 Å². The molecule has 3 rings (SSSR count). The molecule has 2 aromatic heterocycles. The molecule has 3 heterocycles. The minimum atomic E-state index is -0.0899. The molecule has 0 atom stereocenters. The van der Waals surface area contributed by atoms with E-state index >= 15 is 0 Å². The van der Waals surface area contributed by atoms with Gasteiger partial charge in [0, 0.05) is 31.1 Å². The van der Waals surface area contributed by atoms with Crippen molar-refractivity contribution in [3.05, 3.63) is 18.5 Å². The van der Waals surface area contributed by atoms with E-state index in [9.17, 15) is 0 Å². The Labute approximate surface area is 116 Å². The summed E-state index contributed by atoms with van der Waals surface area (Å²) in [6, 6.07) is 1.80. The second-order valence-electron chi connectivity index (χ2n) is 5.07. The van der Waals surface area contributed by atoms with E-state index in [1.165, 1.54) is 0 Å². The Kier molecular flexibility index (Phi) is 3.23. The van der Waals surface area contributed by atoms with Gasteiger partial charge in [-0.1, -0.05) is 0 Å². The van der Waals surface area contributed by atoms with Crippen LogP contribution in [-0.4, -0.2) is 43.5 Å². The van der Waals surface area contributed by atoms with Crippen LogP contribution in [0.2, 0.25) is 0 Å². The zero-order valence-electron chi connectivity index (χ0n) is 11.3. The molecule has 0 unspecified atom stereocenters. The van der Waals surface area contributed by atoms with E-state index in [4.69, 9.17) is 10.5 Å². The van der Waals surface area contributed by atoms with E-state index in [1.807, 2.05) is 0 Å². The number of ether oxygens (including phenoxy) is 1. The van der Waals surface area contributed by atoms with E-state index < -0.39 is 0 Å². The summed E-state index contributed by atoms with van der Waals surface area (Å²) in [4.78, 5) is 12.6. The highest BCUT2D eigenvalue weighted by Gasteiger charge is 2.28. The third-order valence-corrected chi connectivity index (χ3v) is 3.36. The van der Waals surface area contributed by atoms with Crippen LogP contribution in [0.3, 0.4) is 0 Å². The Morgan fingerprint density at radius 2 is 2.10 bits per heavy atom. The van der Waals surface area contributed by atoms with E-state index in [0.29, 0.717) is 11.9 Å². The van der Waals surface area contributed by atoms with Gasteiger partial charge in [0.25, 0.3) is 5.95 Å². The van der Waals surface area contributed by atoms with Crippen LogP contribution in [0, 0.1) is 0 Å². The van der Waals surface area contributed by atoms with Crippen LogP contribution in [-0.2, 0) is 4.74 Å². The number of nitrogens with two attached hydrogens (primary N) is 1. The van der Waals surface area contributed by atoms with Crippen molar-refractivity contribution in [3.63, 3.8) is 0 Å². The highest BCUT2D eigenvalue weighted by Crippen LogP contribution is 2.24. The molecule has 1 fully saturated rings. The van der Waals surface area contributed by atoms with Crippen molar-refractivity contribution in [2.75, 3.05) is 24.3 Å². The minimum absolute atomic E-state index is 0.0899. The van der Waals surface area contributed by atoms with Gasteiger partial charge in [-0.15, -0.1) is 0 Å². The Hall–Kier alpha value is -2.22. The summed E-state index contributed by atoms with van der Waals surface area (Å²) in [5, 5.41) is 7.43. The Morgan fingerprint density at radius 3 is 2.80 bits per heavy atom. The summed E-state index contributed by atoms with van der Waals surface area (Å²) >= 11 is 0. The molecule has 0 saturated carbocycles. The van der Waals surface area contributed by atoms with Crippen LogP contribution in [0.1, 0.15) is 19.8 Å². The van der Waals surface area contributed by atoms with E-state index in [2.05, 4.69) is 32.3 Å². The Bertz CT molecular complexity index is 577. The summed E-state index contributed by atoms with van der Waals surface area (Å²) < 4.78 is 6.93. The quantitative estimate of drug-likeness (QED) is 0.846. The van der Waals surface area contributed by atoms with Crippen LogP contribution in [0.15, 0.2) is 18.5 Å². The monoisotopic (exact) mass is 275 g/mol. The first-order chi connectivity index (χ1) is 9.65. The molecule has 0 aromatic carbocycles. The number of anilines is 2. The van der Waals surface area contributed by atoms with Gasteiger partial charge in [-0.25, -0.2) is 4.68 Å². The zero-order chi connectivity index (χ0) is 14.0. The Morgan fingerprint density at radius 1 is 1.30 bits per heavy atom. The molecule has 8 nitrogen and oxygen atoms in total. The topological polar surface area (TPSA) is 104 Å². The molecule has 106 valence electrons. The molecular weight excluding hydrogens is 258 g/mol. The third-order valence-electron chi connectivity index (χ3n) is 3.36. The number of aromatic nitrogens is 5. The third kappa shape index (κ3) is 2.69. The van der Waals surface area contributed by atoms with Gasteiger partial charge in [-0.2, -0.15) is 20.1 Å². The van der Waals surface area contributed by atoms with Crippen molar-refractivity contribution >= 4 is 11.9 Å². The highest BCUT2D eigenvalue weighted by molar-refractivity contribution is 5.37. The van der Waals surface area contributed by atoms with Crippen molar-refractivity contribution in [2.45, 2.75) is 25.3 Å². The van der Waals surface area contributed by atoms with Gasteiger partial charge in [0.05, 0.1) is 0 Å². The molecule has 0 amide bonds. The molecule has 0 aliphatic carbocycles. The first kappa shape index (κ1) is 12.8. The maximum atomic E-state index is 5.75. The molecule has 1 aliphatic heterocycles. The lowest BCUT2D eigenvalue weighted by Crippen LogP contribution is -2.41. The molecular formula is C12H17N7O. The number of hydrogen-bond donors (Lipinski definition) is 2. The molecule has 2 aromatic rings. The fraction of sp³-hybridized carbons (Fsp3) is 0.500. The summed E-state index contributed by atoms with van der Waals surface area (Å²) in [7, 11) is 0. The predicted molar refractivity (Wildman–Crippen MR) is 73.4 cm³/mol. The van der Waals surface area contributed by atoms with Crippen molar-refractivity contribution < 1.29 is 4.74 Å². The van der Waals surface area contributed by atoms with Gasteiger partial charge >= 0.3 is 0 Å². The fourth-order valence-electron chi connectivity index (χ4n) is 2.14. The van der Waals surface area contributed by atoms with Crippen molar-refractivity contribution in [1.82, 2.24) is 24.7 Å². The van der Waals surface area contributed by atoms with Crippen LogP contribution in [0.4, 0.5) is 11.9 Å². The molecule has 0 bridgehead atoms. The molecule has 1 aliphatic rings. The molecule has 3 N–H and O–H groups in total. The Balaban J connectivity index is 1.86. The maximum absolute atomic E-state index is 5.75. The average molecular weight is 275 g/mol. The smallest absolute Gasteiger partial charge is 0.257 e. The van der Waals surface area contributed by atoms with Crippen molar-refractivity contribution in [3.8, 4) is 5.95 Å². The minimum Gasteiger partial charge on any atom is -0.381 e. The largest absolute Gasteiger partial charge is 0.381 e. The number of rotatable bonds is 3. The lowest BCUT2D eigenvalue weighted by molar-refractivity contribution is 0.0656. The second kappa shape index (κ2) is 5.04. The zero-order valence-corrected chi connectivity index (χ0v) is 11.3. The van der Waals surface area contributed by atoms with E-state index in [1.54, 1.807) is 23.1 Å².